The summed E-state index contributed by atoms with van der Waals surface area (Å²) in [6.07, 6.45) is 1.65. The van der Waals surface area contributed by atoms with Crippen LogP contribution in [0.4, 0.5) is 19.0 Å². The number of halogens is 3. The fourth-order valence-electron chi connectivity index (χ4n) is 4.50. The molecule has 9 nitrogen and oxygen atoms in total. The normalized spacial score (nSPS) is 15.4. The molecule has 4 heterocycles. The van der Waals surface area contributed by atoms with Gasteiger partial charge < -0.3 is 9.30 Å². The zero-order valence-corrected chi connectivity index (χ0v) is 21.8. The van der Waals surface area contributed by atoms with E-state index in [-0.39, 0.29) is 24.0 Å². The van der Waals surface area contributed by atoms with Crippen molar-refractivity contribution in [2.24, 2.45) is 7.05 Å². The number of nitrogens with zero attached hydrogens (tertiary/aromatic N) is 7. The van der Waals surface area contributed by atoms with Gasteiger partial charge in [0.1, 0.15) is 17.7 Å². The first kappa shape index (κ1) is 25.3. The van der Waals surface area contributed by atoms with E-state index < -0.39 is 11.9 Å². The first-order chi connectivity index (χ1) is 18.7. The highest BCUT2D eigenvalue weighted by Gasteiger charge is 2.35. The van der Waals surface area contributed by atoms with Gasteiger partial charge in [0.15, 0.2) is 17.3 Å². The highest BCUT2D eigenvalue weighted by Crippen LogP contribution is 2.45. The first-order valence-electron chi connectivity index (χ1n) is 12.1. The molecule has 3 aromatic heterocycles. The number of thioether (sulfide) groups is 1. The second-order valence-electron chi connectivity index (χ2n) is 9.32. The van der Waals surface area contributed by atoms with Crippen molar-refractivity contribution < 1.29 is 22.7 Å². The van der Waals surface area contributed by atoms with Crippen LogP contribution in [0.3, 0.4) is 0 Å². The number of benzene rings is 1. The average Bonchev–Trinajstić information content (AvgIpc) is 3.70. The number of methoxy groups -OCH3 is 1. The lowest BCUT2D eigenvalue weighted by Crippen LogP contribution is -2.35. The van der Waals surface area contributed by atoms with Crippen molar-refractivity contribution in [3.63, 3.8) is 0 Å². The molecular weight excluding hydrogens is 531 g/mol. The Hall–Kier alpha value is -4.00. The number of fused-ring (bicyclic) bond motifs is 1. The molecule has 0 atom stereocenters. The molecule has 1 aromatic carbocycles. The van der Waals surface area contributed by atoms with E-state index in [0.717, 1.165) is 35.2 Å². The summed E-state index contributed by atoms with van der Waals surface area (Å²) in [7, 11) is 3.05. The number of hydrogen-bond acceptors (Lipinski definition) is 8. The predicted octanol–water partition coefficient (Wildman–Crippen LogP) is 4.88. The van der Waals surface area contributed by atoms with Crippen molar-refractivity contribution in [3.8, 4) is 28.7 Å². The quantitative estimate of drug-likeness (QED) is 0.333. The van der Waals surface area contributed by atoms with E-state index in [2.05, 4.69) is 19.9 Å². The van der Waals surface area contributed by atoms with E-state index in [1.165, 1.54) is 36.8 Å². The molecule has 1 fully saturated rings. The second-order valence-corrected chi connectivity index (χ2v) is 10.3. The molecule has 0 N–H and O–H groups in total. The molecule has 6 rings (SSSR count). The van der Waals surface area contributed by atoms with Gasteiger partial charge in [0.05, 0.1) is 30.0 Å². The first-order valence-corrected chi connectivity index (χ1v) is 13.1. The third kappa shape index (κ3) is 4.82. The highest BCUT2D eigenvalue weighted by atomic mass is 32.2. The summed E-state index contributed by atoms with van der Waals surface area (Å²) >= 11 is 1.37. The molecule has 0 spiro atoms. The Morgan fingerprint density at radius 2 is 1.87 bits per heavy atom. The van der Waals surface area contributed by atoms with E-state index in [0.29, 0.717) is 34.6 Å². The van der Waals surface area contributed by atoms with Crippen LogP contribution in [0.1, 0.15) is 35.7 Å². The molecule has 200 valence electrons. The van der Waals surface area contributed by atoms with Crippen LogP contribution in [0, 0.1) is 0 Å². The van der Waals surface area contributed by atoms with Gasteiger partial charge in [-0.15, -0.1) is 11.8 Å². The van der Waals surface area contributed by atoms with Crippen LogP contribution in [-0.4, -0.2) is 48.3 Å². The van der Waals surface area contributed by atoms with E-state index in [9.17, 15) is 18.0 Å². The molecule has 39 heavy (non-hydrogen) atoms. The smallest absolute Gasteiger partial charge is 0.434 e. The van der Waals surface area contributed by atoms with E-state index in [1.807, 2.05) is 0 Å². The summed E-state index contributed by atoms with van der Waals surface area (Å²) in [6, 6.07) is 6.93. The number of anilines is 1. The molecule has 0 unspecified atom stereocenters. The number of aryl methyl sites for hydroxylation is 1. The molecule has 0 bridgehead atoms. The summed E-state index contributed by atoms with van der Waals surface area (Å²) in [4.78, 5) is 37.2. The number of imidazole rings is 1. The monoisotopic (exact) mass is 553 g/mol. The summed E-state index contributed by atoms with van der Waals surface area (Å²) in [5.41, 5.74) is 1.84. The van der Waals surface area contributed by atoms with Gasteiger partial charge in [-0.05, 0) is 18.4 Å². The zero-order valence-electron chi connectivity index (χ0n) is 20.9. The van der Waals surface area contributed by atoms with E-state index in [4.69, 9.17) is 9.72 Å². The average molecular weight is 554 g/mol. The zero-order chi connectivity index (χ0) is 27.3. The highest BCUT2D eigenvalue weighted by molar-refractivity contribution is 8.00. The minimum Gasteiger partial charge on any atom is -0.480 e. The minimum absolute atomic E-state index is 0.112. The van der Waals surface area contributed by atoms with Crippen molar-refractivity contribution in [2.45, 2.75) is 36.4 Å². The topological polar surface area (TPSA) is 98.9 Å². The standard InChI is InChI=1S/C26H22F3N7O2S/c1-35-11-18(26(27,28)29)33-23(35)16-5-3-14(4-6-16)10-36-19(37)12-39-17-9-30-22(34-24(17)36)20-21(15-7-8-15)31-13-32-25(20)38-2/h3-6,9,11,13,15H,7-8,10,12H2,1-2H3. The SMILES string of the molecule is COc1ncnc(C2CC2)c1-c1ncc2c(n1)N(Cc1ccc(-c3nc(C(F)(F)F)cn3C)cc1)C(=O)CS2. The van der Waals surface area contributed by atoms with Crippen LogP contribution >= 0.6 is 11.8 Å². The van der Waals surface area contributed by atoms with Crippen molar-refractivity contribution >= 4 is 23.5 Å². The van der Waals surface area contributed by atoms with Crippen LogP contribution < -0.4 is 9.64 Å². The Morgan fingerprint density at radius 1 is 1.10 bits per heavy atom. The van der Waals surface area contributed by atoms with Gasteiger partial charge in [-0.1, -0.05) is 24.3 Å². The van der Waals surface area contributed by atoms with Gasteiger partial charge in [-0.25, -0.2) is 24.9 Å². The number of hydrogen-bond donors (Lipinski definition) is 0. The van der Waals surface area contributed by atoms with Crippen LogP contribution in [-0.2, 0) is 24.6 Å². The van der Waals surface area contributed by atoms with Gasteiger partial charge >= 0.3 is 6.18 Å². The third-order valence-corrected chi connectivity index (χ3v) is 7.58. The molecule has 1 amide bonds. The van der Waals surface area contributed by atoms with Gasteiger partial charge in [-0.3, -0.25) is 9.69 Å². The van der Waals surface area contributed by atoms with Crippen molar-refractivity contribution in [3.05, 3.63) is 59.9 Å². The number of aromatic nitrogens is 6. The Kier molecular flexibility index (Phi) is 6.25. The largest absolute Gasteiger partial charge is 0.480 e. The molecule has 0 saturated heterocycles. The van der Waals surface area contributed by atoms with Crippen molar-refractivity contribution in [1.82, 2.24) is 29.5 Å². The fraction of sp³-hybridized carbons (Fsp3) is 0.308. The number of rotatable bonds is 6. The Balaban J connectivity index is 1.31. The van der Waals surface area contributed by atoms with Gasteiger partial charge in [0, 0.05) is 30.9 Å². The van der Waals surface area contributed by atoms with Gasteiger partial charge in [0.2, 0.25) is 11.8 Å². The molecule has 4 aromatic rings. The van der Waals surface area contributed by atoms with Crippen molar-refractivity contribution in [2.75, 3.05) is 17.8 Å². The fourth-order valence-corrected chi connectivity index (χ4v) is 5.35. The molecule has 2 aliphatic rings. The third-order valence-electron chi connectivity index (χ3n) is 6.59. The summed E-state index contributed by atoms with van der Waals surface area (Å²) < 4.78 is 46.1. The predicted molar refractivity (Wildman–Crippen MR) is 137 cm³/mol. The number of carbonyl (C=O) groups excluding carboxylic acids is 1. The Bertz CT molecular complexity index is 1570. The number of alkyl halides is 3. The van der Waals surface area contributed by atoms with Gasteiger partial charge in [-0.2, -0.15) is 13.2 Å². The van der Waals surface area contributed by atoms with E-state index >= 15 is 0 Å². The maximum atomic E-state index is 13.1. The molecule has 0 radical (unpaired) electrons. The van der Waals surface area contributed by atoms with Gasteiger partial charge in [0.25, 0.3) is 0 Å². The Morgan fingerprint density at radius 3 is 2.54 bits per heavy atom. The lowest BCUT2D eigenvalue weighted by atomic mass is 10.1. The second kappa shape index (κ2) is 9.63. The number of carbonyl (C=O) groups is 1. The summed E-state index contributed by atoms with van der Waals surface area (Å²) in [6.45, 7) is 0.232. The summed E-state index contributed by atoms with van der Waals surface area (Å²) in [5.74, 6) is 1.88. The van der Waals surface area contributed by atoms with E-state index in [1.54, 1.807) is 35.4 Å². The lowest BCUT2D eigenvalue weighted by molar-refractivity contribution is -0.140. The maximum Gasteiger partial charge on any atom is 0.434 e. The maximum absolute atomic E-state index is 13.1. The van der Waals surface area contributed by atoms with Crippen LogP contribution in [0.25, 0.3) is 22.8 Å². The number of ether oxygens (including phenoxy) is 1. The minimum atomic E-state index is -4.52. The molecule has 13 heteroatoms. The molecular formula is C26H22F3N7O2S. The van der Waals surface area contributed by atoms with Crippen LogP contribution in [0.5, 0.6) is 5.88 Å². The van der Waals surface area contributed by atoms with Crippen LogP contribution in [0.2, 0.25) is 0 Å². The van der Waals surface area contributed by atoms with Crippen molar-refractivity contribution in [1.29, 1.82) is 0 Å². The molecule has 1 saturated carbocycles. The number of amides is 1. The molecule has 1 aliphatic heterocycles. The summed E-state index contributed by atoms with van der Waals surface area (Å²) in [5, 5.41) is 0. The molecule has 1 aliphatic carbocycles. The Labute approximate surface area is 225 Å². The van der Waals surface area contributed by atoms with Crippen LogP contribution in [0.15, 0.2) is 47.9 Å². The lowest BCUT2D eigenvalue weighted by Gasteiger charge is -2.28.